The lowest BCUT2D eigenvalue weighted by molar-refractivity contribution is 0.599. The third kappa shape index (κ3) is 2.49. The minimum absolute atomic E-state index is 0.715. The van der Waals surface area contributed by atoms with E-state index in [4.69, 9.17) is 0 Å². The Bertz CT molecular complexity index is 473. The van der Waals surface area contributed by atoms with Crippen LogP contribution in [0.1, 0.15) is 17.1 Å². The van der Waals surface area contributed by atoms with Gasteiger partial charge in [0.25, 0.3) is 0 Å². The van der Waals surface area contributed by atoms with Gasteiger partial charge in [0.1, 0.15) is 0 Å². The summed E-state index contributed by atoms with van der Waals surface area (Å²) in [5.41, 5.74) is 3.17. The van der Waals surface area contributed by atoms with Crippen molar-refractivity contribution in [1.82, 2.24) is 24.8 Å². The van der Waals surface area contributed by atoms with Gasteiger partial charge in [0.15, 0.2) is 0 Å². The van der Waals surface area contributed by atoms with E-state index in [1.54, 1.807) is 0 Å². The molecule has 0 saturated heterocycles. The Hall–Kier alpha value is -1.17. The van der Waals surface area contributed by atoms with Crippen LogP contribution in [-0.2, 0) is 20.0 Å². The Morgan fingerprint density at radius 2 is 2.25 bits per heavy atom. The summed E-state index contributed by atoms with van der Waals surface area (Å²) in [5, 5.41) is 13.4. The van der Waals surface area contributed by atoms with Crippen LogP contribution in [0.3, 0.4) is 0 Å². The van der Waals surface area contributed by atoms with E-state index in [2.05, 4.69) is 37.4 Å². The van der Waals surface area contributed by atoms with Gasteiger partial charge in [-0.3, -0.25) is 4.68 Å². The second kappa shape index (κ2) is 4.78. The van der Waals surface area contributed by atoms with Crippen molar-refractivity contribution in [3.8, 4) is 0 Å². The Morgan fingerprint density at radius 3 is 2.88 bits per heavy atom. The largest absolute Gasteiger partial charge is 0.270 e. The number of halogens is 1. The van der Waals surface area contributed by atoms with Crippen molar-refractivity contribution in [2.75, 3.05) is 5.33 Å². The highest BCUT2D eigenvalue weighted by Gasteiger charge is 2.05. The van der Waals surface area contributed by atoms with Gasteiger partial charge >= 0.3 is 0 Å². The molecule has 0 atom stereocenters. The van der Waals surface area contributed by atoms with Crippen LogP contribution in [0, 0.1) is 6.92 Å². The Labute approximate surface area is 103 Å². The molecule has 6 heteroatoms. The number of rotatable bonds is 4. The fraction of sp³-hybridized carbons (Fsp3) is 0.500. The third-order valence-corrected chi connectivity index (χ3v) is 2.76. The van der Waals surface area contributed by atoms with Gasteiger partial charge in [-0.05, 0) is 13.0 Å². The van der Waals surface area contributed by atoms with Gasteiger partial charge < -0.3 is 0 Å². The lowest BCUT2D eigenvalue weighted by Gasteiger charge is -2.00. The van der Waals surface area contributed by atoms with E-state index in [9.17, 15) is 0 Å². The molecule has 2 aromatic heterocycles. The van der Waals surface area contributed by atoms with Gasteiger partial charge in [-0.25, -0.2) is 4.68 Å². The highest BCUT2D eigenvalue weighted by atomic mass is 79.9. The van der Waals surface area contributed by atoms with Crippen LogP contribution in [0.25, 0.3) is 0 Å². The molecular formula is C10H14BrN5. The van der Waals surface area contributed by atoms with Crippen LogP contribution >= 0.6 is 15.9 Å². The van der Waals surface area contributed by atoms with Gasteiger partial charge in [0, 0.05) is 25.0 Å². The number of hydrogen-bond donors (Lipinski definition) is 0. The summed E-state index contributed by atoms with van der Waals surface area (Å²) in [6, 6.07) is 2.06. The van der Waals surface area contributed by atoms with Crippen LogP contribution < -0.4 is 0 Å². The zero-order chi connectivity index (χ0) is 11.5. The maximum atomic E-state index is 4.30. The normalized spacial score (nSPS) is 10.9. The number of hydrogen-bond acceptors (Lipinski definition) is 3. The Balaban J connectivity index is 2.11. The van der Waals surface area contributed by atoms with E-state index >= 15 is 0 Å². The average molecular weight is 284 g/mol. The van der Waals surface area contributed by atoms with Gasteiger partial charge in [0.2, 0.25) is 0 Å². The van der Waals surface area contributed by atoms with E-state index in [0.717, 1.165) is 28.8 Å². The molecule has 2 rings (SSSR count). The molecule has 0 unspecified atom stereocenters. The fourth-order valence-corrected chi connectivity index (χ4v) is 2.01. The summed E-state index contributed by atoms with van der Waals surface area (Å²) < 4.78 is 3.72. The highest BCUT2D eigenvalue weighted by molar-refractivity contribution is 9.09. The molecule has 0 amide bonds. The van der Waals surface area contributed by atoms with E-state index in [0.29, 0.717) is 6.54 Å². The van der Waals surface area contributed by atoms with Crippen molar-refractivity contribution in [3.63, 3.8) is 0 Å². The molecule has 0 bridgehead atoms. The van der Waals surface area contributed by atoms with E-state index in [1.165, 1.54) is 0 Å². The van der Waals surface area contributed by atoms with Crippen molar-refractivity contribution >= 4 is 15.9 Å². The molecule has 0 aliphatic rings. The third-order valence-electron chi connectivity index (χ3n) is 2.36. The van der Waals surface area contributed by atoms with Crippen molar-refractivity contribution in [2.45, 2.75) is 19.9 Å². The first-order chi connectivity index (χ1) is 7.69. The van der Waals surface area contributed by atoms with Crippen molar-refractivity contribution in [1.29, 1.82) is 0 Å². The molecule has 0 aromatic carbocycles. The summed E-state index contributed by atoms with van der Waals surface area (Å²) in [6.45, 7) is 2.70. The number of nitrogens with zero attached hydrogens (tertiary/aromatic N) is 5. The zero-order valence-electron chi connectivity index (χ0n) is 9.39. The number of alkyl halides is 1. The van der Waals surface area contributed by atoms with Crippen molar-refractivity contribution in [2.24, 2.45) is 7.05 Å². The SMILES string of the molecule is Cc1cc(Cn2cc(CCBr)nn2)n(C)n1. The number of aryl methyl sites for hydroxylation is 3. The molecular weight excluding hydrogens is 270 g/mol. The highest BCUT2D eigenvalue weighted by Crippen LogP contribution is 2.05. The van der Waals surface area contributed by atoms with Crippen molar-refractivity contribution in [3.05, 3.63) is 29.3 Å². The minimum Gasteiger partial charge on any atom is -0.270 e. The second-order valence-electron chi connectivity index (χ2n) is 3.75. The Morgan fingerprint density at radius 1 is 1.44 bits per heavy atom. The standard InChI is InChI=1S/C10H14BrN5/c1-8-5-10(15(2)13-8)7-16-6-9(3-4-11)12-14-16/h5-6H,3-4,7H2,1-2H3. The molecule has 2 heterocycles. The van der Waals surface area contributed by atoms with E-state index < -0.39 is 0 Å². The zero-order valence-corrected chi connectivity index (χ0v) is 11.0. The first-order valence-electron chi connectivity index (χ1n) is 5.13. The molecule has 0 radical (unpaired) electrons. The average Bonchev–Trinajstić information content (AvgIpc) is 2.76. The maximum Gasteiger partial charge on any atom is 0.0846 e. The molecule has 0 spiro atoms. The molecule has 0 aliphatic heterocycles. The van der Waals surface area contributed by atoms with Crippen LogP contribution in [0.4, 0.5) is 0 Å². The van der Waals surface area contributed by atoms with Gasteiger partial charge in [0.05, 0.1) is 23.6 Å². The van der Waals surface area contributed by atoms with Crippen LogP contribution in [0.5, 0.6) is 0 Å². The predicted molar refractivity (Wildman–Crippen MR) is 64.6 cm³/mol. The summed E-state index contributed by atoms with van der Waals surface area (Å²) in [6.07, 6.45) is 2.88. The second-order valence-corrected chi connectivity index (χ2v) is 4.54. The van der Waals surface area contributed by atoms with Crippen LogP contribution in [0.15, 0.2) is 12.3 Å². The van der Waals surface area contributed by atoms with Gasteiger partial charge in [-0.1, -0.05) is 21.1 Å². The molecule has 0 fully saturated rings. The molecule has 16 heavy (non-hydrogen) atoms. The van der Waals surface area contributed by atoms with Gasteiger partial charge in [-0.15, -0.1) is 5.10 Å². The molecule has 2 aromatic rings. The smallest absolute Gasteiger partial charge is 0.0846 e. The van der Waals surface area contributed by atoms with Gasteiger partial charge in [-0.2, -0.15) is 5.10 Å². The lowest BCUT2D eigenvalue weighted by Crippen LogP contribution is -2.06. The lowest BCUT2D eigenvalue weighted by atomic mass is 10.3. The summed E-state index contributed by atoms with van der Waals surface area (Å²) in [4.78, 5) is 0. The summed E-state index contributed by atoms with van der Waals surface area (Å²) in [5.74, 6) is 0. The monoisotopic (exact) mass is 283 g/mol. The van der Waals surface area contributed by atoms with E-state index in [1.807, 2.05) is 29.5 Å². The summed E-state index contributed by atoms with van der Waals surface area (Å²) in [7, 11) is 1.94. The minimum atomic E-state index is 0.715. The maximum absolute atomic E-state index is 4.30. The molecule has 0 saturated carbocycles. The molecule has 0 N–H and O–H groups in total. The fourth-order valence-electron chi connectivity index (χ4n) is 1.61. The first kappa shape index (κ1) is 11.3. The van der Waals surface area contributed by atoms with Crippen LogP contribution in [0.2, 0.25) is 0 Å². The molecule has 5 nitrogen and oxygen atoms in total. The van der Waals surface area contributed by atoms with Crippen molar-refractivity contribution < 1.29 is 0 Å². The Kier molecular flexibility index (Phi) is 3.38. The first-order valence-corrected chi connectivity index (χ1v) is 6.25. The summed E-state index contributed by atoms with van der Waals surface area (Å²) >= 11 is 3.39. The van der Waals surface area contributed by atoms with E-state index in [-0.39, 0.29) is 0 Å². The number of aromatic nitrogens is 5. The van der Waals surface area contributed by atoms with Crippen LogP contribution in [-0.4, -0.2) is 30.1 Å². The topological polar surface area (TPSA) is 48.5 Å². The molecule has 0 aliphatic carbocycles. The molecule has 86 valence electrons. The predicted octanol–water partition coefficient (Wildman–Crippen LogP) is 1.31. The quantitative estimate of drug-likeness (QED) is 0.795.